The number of hydrogen-bond donors (Lipinski definition) is 2. The van der Waals surface area contributed by atoms with Gasteiger partial charge in [0.05, 0.1) is 23.3 Å². The summed E-state index contributed by atoms with van der Waals surface area (Å²) in [5.41, 5.74) is 4.08. The monoisotopic (exact) mass is 394 g/mol. The number of nitrogens with one attached hydrogen (secondary N) is 2. The molecule has 3 aromatic rings. The number of urea groups is 1. The molecule has 142 valence electrons. The zero-order chi connectivity index (χ0) is 19.8. The Kier molecular flexibility index (Phi) is 4.56. The number of aromatic nitrogens is 1. The Morgan fingerprint density at radius 1 is 1.25 bits per heavy atom. The summed E-state index contributed by atoms with van der Waals surface area (Å²) in [5.74, 6) is -0.631. The molecule has 2 N–H and O–H groups in total. The first kappa shape index (κ1) is 18.1. The molecule has 0 spiro atoms. The van der Waals surface area contributed by atoms with Crippen LogP contribution < -0.4 is 10.6 Å². The maximum atomic E-state index is 12.9. The smallest absolute Gasteiger partial charge is 0.324 e. The summed E-state index contributed by atoms with van der Waals surface area (Å²) in [6, 6.07) is 10.6. The zero-order valence-corrected chi connectivity index (χ0v) is 16.2. The molecule has 1 aliphatic rings. The van der Waals surface area contributed by atoms with Gasteiger partial charge in [-0.05, 0) is 42.7 Å². The predicted octanol–water partition coefficient (Wildman–Crippen LogP) is 3.22. The van der Waals surface area contributed by atoms with Gasteiger partial charge in [-0.15, -0.1) is 0 Å². The van der Waals surface area contributed by atoms with Crippen LogP contribution in [0.4, 0.5) is 9.93 Å². The van der Waals surface area contributed by atoms with E-state index >= 15 is 0 Å². The molecule has 1 aliphatic heterocycles. The van der Waals surface area contributed by atoms with E-state index in [0.717, 1.165) is 26.2 Å². The van der Waals surface area contributed by atoms with Crippen LogP contribution in [0.15, 0.2) is 36.4 Å². The fourth-order valence-corrected chi connectivity index (χ4v) is 4.29. The van der Waals surface area contributed by atoms with Crippen LogP contribution in [0.3, 0.4) is 0 Å². The quantitative estimate of drug-likeness (QED) is 0.665. The minimum atomic E-state index is -0.447. The first-order chi connectivity index (χ1) is 13.4. The van der Waals surface area contributed by atoms with Crippen molar-refractivity contribution in [2.45, 2.75) is 20.4 Å². The number of fused-ring (bicyclic) bond motifs is 1. The molecule has 0 unspecified atom stereocenters. The first-order valence-corrected chi connectivity index (χ1v) is 9.59. The Hall–Kier alpha value is -3.26. The van der Waals surface area contributed by atoms with E-state index in [9.17, 15) is 14.4 Å². The average Bonchev–Trinajstić information content (AvgIpc) is 3.20. The second kappa shape index (κ2) is 7.05. The number of aryl methyl sites for hydroxylation is 2. The van der Waals surface area contributed by atoms with Gasteiger partial charge in [-0.3, -0.25) is 19.8 Å². The highest BCUT2D eigenvalue weighted by Gasteiger charge is 2.29. The number of nitrogens with zero attached hydrogens (tertiary/aromatic N) is 2. The molecule has 2 heterocycles. The maximum absolute atomic E-state index is 12.9. The standard InChI is InChI=1S/C20H18N4O3S/c1-11-7-12(2)17-15(8-11)28-19(22-17)23-18(26)14-6-4-3-5-13(14)10-24-16(25)9-21-20(24)27/h3-8H,9-10H2,1-2H3,(H,21,27)(H,22,23,26). The Bertz CT molecular complexity index is 1110. The number of imide groups is 1. The lowest BCUT2D eigenvalue weighted by Crippen LogP contribution is -2.31. The number of benzene rings is 2. The van der Waals surface area contributed by atoms with Gasteiger partial charge in [-0.1, -0.05) is 35.6 Å². The molecule has 0 atom stereocenters. The Morgan fingerprint density at radius 2 is 2.04 bits per heavy atom. The highest BCUT2D eigenvalue weighted by molar-refractivity contribution is 7.22. The van der Waals surface area contributed by atoms with Gasteiger partial charge in [0.25, 0.3) is 5.91 Å². The van der Waals surface area contributed by atoms with Gasteiger partial charge < -0.3 is 5.32 Å². The molecule has 28 heavy (non-hydrogen) atoms. The number of hydrogen-bond acceptors (Lipinski definition) is 5. The third kappa shape index (κ3) is 3.34. The minimum absolute atomic E-state index is 0.0162. The van der Waals surface area contributed by atoms with Crippen LogP contribution in [0, 0.1) is 13.8 Å². The van der Waals surface area contributed by atoms with Crippen molar-refractivity contribution in [3.05, 3.63) is 58.7 Å². The second-order valence-corrected chi connectivity index (χ2v) is 7.73. The summed E-state index contributed by atoms with van der Waals surface area (Å²) in [4.78, 5) is 42.2. The summed E-state index contributed by atoms with van der Waals surface area (Å²) in [6.45, 7) is 4.05. The molecule has 1 saturated heterocycles. The van der Waals surface area contributed by atoms with E-state index in [1.807, 2.05) is 19.9 Å². The molecular formula is C20H18N4O3S. The molecule has 0 aliphatic carbocycles. The molecule has 4 amide bonds. The number of thiazole rings is 1. The fourth-order valence-electron chi connectivity index (χ4n) is 3.25. The van der Waals surface area contributed by atoms with E-state index in [4.69, 9.17) is 0 Å². The summed E-state index contributed by atoms with van der Waals surface area (Å²) < 4.78 is 1.01. The van der Waals surface area contributed by atoms with Gasteiger partial charge in [-0.2, -0.15) is 0 Å². The van der Waals surface area contributed by atoms with Gasteiger partial charge in [0.2, 0.25) is 5.91 Å². The molecular weight excluding hydrogens is 376 g/mol. The second-order valence-electron chi connectivity index (χ2n) is 6.70. The van der Waals surface area contributed by atoms with Crippen molar-refractivity contribution in [3.8, 4) is 0 Å². The molecule has 8 heteroatoms. The lowest BCUT2D eigenvalue weighted by Gasteiger charge is -2.15. The predicted molar refractivity (Wildman–Crippen MR) is 107 cm³/mol. The number of carbonyl (C=O) groups is 3. The van der Waals surface area contributed by atoms with Gasteiger partial charge >= 0.3 is 6.03 Å². The number of carbonyl (C=O) groups excluding carboxylic acids is 3. The molecule has 1 aromatic heterocycles. The number of amides is 4. The van der Waals surface area contributed by atoms with Crippen LogP contribution >= 0.6 is 11.3 Å². The van der Waals surface area contributed by atoms with Crippen LogP contribution in [-0.2, 0) is 11.3 Å². The van der Waals surface area contributed by atoms with Gasteiger partial charge in [0.1, 0.15) is 0 Å². The van der Waals surface area contributed by atoms with Crippen molar-refractivity contribution >= 4 is 44.5 Å². The lowest BCUT2D eigenvalue weighted by atomic mass is 10.1. The average molecular weight is 394 g/mol. The van der Waals surface area contributed by atoms with Crippen LogP contribution in [0.2, 0.25) is 0 Å². The van der Waals surface area contributed by atoms with Crippen LogP contribution in [0.5, 0.6) is 0 Å². The highest BCUT2D eigenvalue weighted by atomic mass is 32.1. The Morgan fingerprint density at radius 3 is 2.79 bits per heavy atom. The Balaban J connectivity index is 1.60. The molecule has 4 rings (SSSR count). The van der Waals surface area contributed by atoms with Crippen LogP contribution in [0.25, 0.3) is 10.2 Å². The van der Waals surface area contributed by atoms with Crippen LogP contribution in [0.1, 0.15) is 27.0 Å². The van der Waals surface area contributed by atoms with Crippen molar-refractivity contribution in [3.63, 3.8) is 0 Å². The minimum Gasteiger partial charge on any atom is -0.329 e. The topological polar surface area (TPSA) is 91.4 Å². The van der Waals surface area contributed by atoms with Gasteiger partial charge in [0, 0.05) is 5.56 Å². The van der Waals surface area contributed by atoms with Crippen LogP contribution in [-0.4, -0.2) is 34.3 Å². The maximum Gasteiger partial charge on any atom is 0.324 e. The van der Waals surface area contributed by atoms with E-state index in [1.165, 1.54) is 11.3 Å². The van der Waals surface area contributed by atoms with E-state index < -0.39 is 6.03 Å². The summed E-state index contributed by atoms with van der Waals surface area (Å²) in [6.07, 6.45) is 0. The van der Waals surface area contributed by atoms with E-state index in [0.29, 0.717) is 16.3 Å². The summed E-state index contributed by atoms with van der Waals surface area (Å²) in [5, 5.41) is 5.84. The van der Waals surface area contributed by atoms with E-state index in [1.54, 1.807) is 24.3 Å². The molecule has 1 fully saturated rings. The molecule has 0 bridgehead atoms. The third-order valence-electron chi connectivity index (χ3n) is 4.58. The largest absolute Gasteiger partial charge is 0.329 e. The Labute approximate surface area is 165 Å². The number of anilines is 1. The molecule has 7 nitrogen and oxygen atoms in total. The fraction of sp³-hybridized carbons (Fsp3) is 0.200. The van der Waals surface area contributed by atoms with Crippen molar-refractivity contribution in [1.82, 2.24) is 15.2 Å². The highest BCUT2D eigenvalue weighted by Crippen LogP contribution is 2.29. The van der Waals surface area contributed by atoms with E-state index in [2.05, 4.69) is 21.7 Å². The first-order valence-electron chi connectivity index (χ1n) is 8.77. The van der Waals surface area contributed by atoms with E-state index in [-0.39, 0.29) is 24.9 Å². The van der Waals surface area contributed by atoms with Gasteiger partial charge in [-0.25, -0.2) is 9.78 Å². The van der Waals surface area contributed by atoms with Crippen molar-refractivity contribution < 1.29 is 14.4 Å². The van der Waals surface area contributed by atoms with Gasteiger partial charge in [0.15, 0.2) is 5.13 Å². The molecule has 0 saturated carbocycles. The molecule has 2 aromatic carbocycles. The summed E-state index contributed by atoms with van der Waals surface area (Å²) >= 11 is 1.42. The normalized spacial score (nSPS) is 13.9. The van der Waals surface area contributed by atoms with Crippen molar-refractivity contribution in [1.29, 1.82) is 0 Å². The molecule has 0 radical (unpaired) electrons. The lowest BCUT2D eigenvalue weighted by molar-refractivity contribution is -0.125. The summed E-state index contributed by atoms with van der Waals surface area (Å²) in [7, 11) is 0. The zero-order valence-electron chi connectivity index (χ0n) is 15.4. The van der Waals surface area contributed by atoms with Crippen molar-refractivity contribution in [2.24, 2.45) is 0 Å². The van der Waals surface area contributed by atoms with Crippen molar-refractivity contribution in [2.75, 3.05) is 11.9 Å². The number of rotatable bonds is 4. The third-order valence-corrected chi connectivity index (χ3v) is 5.50. The SMILES string of the molecule is Cc1cc(C)c2nc(NC(=O)c3ccccc3CN3C(=O)CNC3=O)sc2c1.